The third-order valence-corrected chi connectivity index (χ3v) is 3.91. The summed E-state index contributed by atoms with van der Waals surface area (Å²) in [6.45, 7) is 4.33. The third kappa shape index (κ3) is 2.18. The molecule has 0 saturated heterocycles. The van der Waals surface area contributed by atoms with Gasteiger partial charge in [0.2, 0.25) is 0 Å². The lowest BCUT2D eigenvalue weighted by Crippen LogP contribution is -2.29. The number of amides is 2. The fourth-order valence-corrected chi connectivity index (χ4v) is 2.54. The zero-order valence-electron chi connectivity index (χ0n) is 12.0. The SMILES string of the molecule is Cc1ccc(CN2C(=O)c3ccc(N)cc3C2=O)cc1C. The molecule has 21 heavy (non-hydrogen) atoms. The van der Waals surface area contributed by atoms with Gasteiger partial charge in [0.15, 0.2) is 0 Å². The summed E-state index contributed by atoms with van der Waals surface area (Å²) >= 11 is 0. The van der Waals surface area contributed by atoms with Gasteiger partial charge in [-0.15, -0.1) is 0 Å². The van der Waals surface area contributed by atoms with Crippen molar-refractivity contribution in [2.45, 2.75) is 20.4 Å². The van der Waals surface area contributed by atoms with Gasteiger partial charge in [-0.25, -0.2) is 0 Å². The van der Waals surface area contributed by atoms with Crippen molar-refractivity contribution in [3.63, 3.8) is 0 Å². The fraction of sp³-hybridized carbons (Fsp3) is 0.176. The van der Waals surface area contributed by atoms with E-state index >= 15 is 0 Å². The molecule has 3 rings (SSSR count). The van der Waals surface area contributed by atoms with E-state index in [9.17, 15) is 9.59 Å². The average molecular weight is 280 g/mol. The van der Waals surface area contributed by atoms with Crippen LogP contribution in [0.15, 0.2) is 36.4 Å². The quantitative estimate of drug-likeness (QED) is 0.679. The van der Waals surface area contributed by atoms with E-state index in [1.54, 1.807) is 18.2 Å². The highest BCUT2D eigenvalue weighted by Gasteiger charge is 2.35. The Bertz CT molecular complexity index is 765. The fourth-order valence-electron chi connectivity index (χ4n) is 2.54. The second-order valence-electron chi connectivity index (χ2n) is 5.42. The number of anilines is 1. The maximum absolute atomic E-state index is 12.4. The van der Waals surface area contributed by atoms with Gasteiger partial charge in [0.05, 0.1) is 17.7 Å². The number of nitrogens with zero attached hydrogens (tertiary/aromatic N) is 1. The molecule has 0 unspecified atom stereocenters. The molecule has 2 amide bonds. The van der Waals surface area contributed by atoms with E-state index in [0.717, 1.165) is 11.1 Å². The Morgan fingerprint density at radius 1 is 0.905 bits per heavy atom. The molecule has 1 aliphatic heterocycles. The number of rotatable bonds is 2. The van der Waals surface area contributed by atoms with E-state index in [4.69, 9.17) is 5.73 Å². The summed E-state index contributed by atoms with van der Waals surface area (Å²) in [5.41, 5.74) is 10.3. The Balaban J connectivity index is 1.93. The second-order valence-corrected chi connectivity index (χ2v) is 5.42. The van der Waals surface area contributed by atoms with Gasteiger partial charge in [-0.2, -0.15) is 0 Å². The van der Waals surface area contributed by atoms with Crippen molar-refractivity contribution in [2.75, 3.05) is 5.73 Å². The average Bonchev–Trinajstić information content (AvgIpc) is 2.68. The molecule has 2 N–H and O–H groups in total. The Morgan fingerprint density at radius 3 is 2.33 bits per heavy atom. The van der Waals surface area contributed by atoms with Gasteiger partial charge in [0, 0.05) is 5.69 Å². The van der Waals surface area contributed by atoms with Gasteiger partial charge in [0.1, 0.15) is 0 Å². The Labute approximate surface area is 123 Å². The lowest BCUT2D eigenvalue weighted by atomic mass is 10.1. The number of fused-ring (bicyclic) bond motifs is 1. The minimum absolute atomic E-state index is 0.256. The van der Waals surface area contributed by atoms with E-state index in [2.05, 4.69) is 0 Å². The van der Waals surface area contributed by atoms with Crippen molar-refractivity contribution in [1.29, 1.82) is 0 Å². The first-order chi connectivity index (χ1) is 9.97. The molecule has 1 aliphatic rings. The van der Waals surface area contributed by atoms with Crippen LogP contribution in [0.2, 0.25) is 0 Å². The molecule has 0 radical (unpaired) electrons. The molecular formula is C17H16N2O2. The van der Waals surface area contributed by atoms with Crippen LogP contribution >= 0.6 is 0 Å². The summed E-state index contributed by atoms with van der Waals surface area (Å²) in [6.07, 6.45) is 0. The van der Waals surface area contributed by atoms with Crippen LogP contribution in [-0.2, 0) is 6.54 Å². The Kier molecular flexibility index (Phi) is 3.01. The van der Waals surface area contributed by atoms with Crippen LogP contribution < -0.4 is 5.73 Å². The molecule has 106 valence electrons. The lowest BCUT2D eigenvalue weighted by Gasteiger charge is -2.14. The topological polar surface area (TPSA) is 63.4 Å². The van der Waals surface area contributed by atoms with E-state index in [1.165, 1.54) is 10.5 Å². The van der Waals surface area contributed by atoms with Crippen molar-refractivity contribution in [2.24, 2.45) is 0 Å². The zero-order chi connectivity index (χ0) is 15.1. The van der Waals surface area contributed by atoms with Crippen LogP contribution in [0.3, 0.4) is 0 Å². The van der Waals surface area contributed by atoms with Gasteiger partial charge < -0.3 is 5.73 Å². The molecule has 0 atom stereocenters. The zero-order valence-corrected chi connectivity index (χ0v) is 12.0. The summed E-state index contributed by atoms with van der Waals surface area (Å²) < 4.78 is 0. The highest BCUT2D eigenvalue weighted by molar-refractivity contribution is 6.21. The number of nitrogen functional groups attached to an aromatic ring is 1. The monoisotopic (exact) mass is 280 g/mol. The van der Waals surface area contributed by atoms with Crippen LogP contribution in [0, 0.1) is 13.8 Å². The number of hydrogen-bond donors (Lipinski definition) is 1. The van der Waals surface area contributed by atoms with Crippen LogP contribution in [0.4, 0.5) is 5.69 Å². The first-order valence-corrected chi connectivity index (χ1v) is 6.79. The number of nitrogens with two attached hydrogens (primary N) is 1. The molecule has 1 heterocycles. The Hall–Kier alpha value is -2.62. The number of aryl methyl sites for hydroxylation is 2. The molecule has 0 aliphatic carbocycles. The Morgan fingerprint density at radius 2 is 1.62 bits per heavy atom. The van der Waals surface area contributed by atoms with Crippen molar-refractivity contribution < 1.29 is 9.59 Å². The van der Waals surface area contributed by atoms with Crippen molar-refractivity contribution >= 4 is 17.5 Å². The summed E-state index contributed by atoms with van der Waals surface area (Å²) in [7, 11) is 0. The smallest absolute Gasteiger partial charge is 0.261 e. The molecule has 0 saturated carbocycles. The number of hydrogen-bond acceptors (Lipinski definition) is 3. The van der Waals surface area contributed by atoms with E-state index < -0.39 is 0 Å². The van der Waals surface area contributed by atoms with Gasteiger partial charge in [-0.1, -0.05) is 18.2 Å². The molecule has 2 aromatic rings. The van der Waals surface area contributed by atoms with Gasteiger partial charge in [-0.3, -0.25) is 14.5 Å². The molecule has 0 fully saturated rings. The van der Waals surface area contributed by atoms with E-state index in [0.29, 0.717) is 16.8 Å². The molecular weight excluding hydrogens is 264 g/mol. The molecule has 4 nitrogen and oxygen atoms in total. The summed E-state index contributed by atoms with van der Waals surface area (Å²) in [4.78, 5) is 26.0. The predicted octanol–water partition coefficient (Wildman–Crippen LogP) is 2.68. The summed E-state index contributed by atoms with van der Waals surface area (Å²) in [5.74, 6) is -0.534. The van der Waals surface area contributed by atoms with Gasteiger partial charge >= 0.3 is 0 Å². The maximum atomic E-state index is 12.4. The standard InChI is InChI=1S/C17H16N2O2/c1-10-3-4-12(7-11(10)2)9-19-16(20)14-6-5-13(18)8-15(14)17(19)21/h3-8H,9,18H2,1-2H3. The lowest BCUT2D eigenvalue weighted by molar-refractivity contribution is 0.0642. The molecule has 0 bridgehead atoms. The molecule has 4 heteroatoms. The number of carbonyl (C=O) groups is 2. The van der Waals surface area contributed by atoms with Crippen LogP contribution in [-0.4, -0.2) is 16.7 Å². The molecule has 0 spiro atoms. The van der Waals surface area contributed by atoms with Crippen LogP contribution in [0.25, 0.3) is 0 Å². The number of benzene rings is 2. The summed E-state index contributed by atoms with van der Waals surface area (Å²) in [5, 5.41) is 0. The molecule has 2 aromatic carbocycles. The highest BCUT2D eigenvalue weighted by atomic mass is 16.2. The van der Waals surface area contributed by atoms with Crippen molar-refractivity contribution in [1.82, 2.24) is 4.90 Å². The second kappa shape index (κ2) is 4.74. The van der Waals surface area contributed by atoms with Crippen molar-refractivity contribution in [3.8, 4) is 0 Å². The minimum atomic E-state index is -0.277. The van der Waals surface area contributed by atoms with E-state index in [-0.39, 0.29) is 18.4 Å². The largest absolute Gasteiger partial charge is 0.399 e. The van der Waals surface area contributed by atoms with Gasteiger partial charge in [-0.05, 0) is 48.7 Å². The molecule has 0 aromatic heterocycles. The number of carbonyl (C=O) groups excluding carboxylic acids is 2. The highest BCUT2D eigenvalue weighted by Crippen LogP contribution is 2.26. The first-order valence-electron chi connectivity index (χ1n) is 6.79. The minimum Gasteiger partial charge on any atom is -0.399 e. The normalized spacial score (nSPS) is 13.7. The van der Waals surface area contributed by atoms with E-state index in [1.807, 2.05) is 32.0 Å². The predicted molar refractivity (Wildman–Crippen MR) is 81.0 cm³/mol. The first kappa shape index (κ1) is 13.4. The van der Waals surface area contributed by atoms with Gasteiger partial charge in [0.25, 0.3) is 11.8 Å². The van der Waals surface area contributed by atoms with Crippen molar-refractivity contribution in [3.05, 3.63) is 64.2 Å². The number of imide groups is 1. The third-order valence-electron chi connectivity index (χ3n) is 3.91. The van der Waals surface area contributed by atoms with Crippen LogP contribution in [0.5, 0.6) is 0 Å². The van der Waals surface area contributed by atoms with Crippen LogP contribution in [0.1, 0.15) is 37.4 Å². The summed E-state index contributed by atoms with van der Waals surface area (Å²) in [6, 6.07) is 10.8. The maximum Gasteiger partial charge on any atom is 0.261 e.